The monoisotopic (exact) mass is 1240 g/mol. The van der Waals surface area contributed by atoms with Crippen molar-refractivity contribution in [2.45, 2.75) is 235 Å². The number of hydrogen-bond donors (Lipinski definition) is 0. The summed E-state index contributed by atoms with van der Waals surface area (Å²) in [6.07, 6.45) is 23.8. The van der Waals surface area contributed by atoms with Crippen LogP contribution >= 0.6 is 0 Å². The number of unbranched alkanes of at least 4 members (excludes halogenated alkanes) is 12. The molecule has 4 aromatic rings. The highest BCUT2D eigenvalue weighted by atomic mass is 16.7. The Bertz CT molecular complexity index is 2640. The van der Waals surface area contributed by atoms with Gasteiger partial charge in [0.2, 0.25) is 0 Å². The highest BCUT2D eigenvalue weighted by molar-refractivity contribution is 5.87. The zero-order valence-corrected chi connectivity index (χ0v) is 57.1. The molecular weight excluding hydrogens is 1130 g/mol. The predicted molar refractivity (Wildman–Crippen MR) is 361 cm³/mol. The fraction of sp³-hybridized carbons (Fsp3) is 0.615. The second-order valence-electron chi connectivity index (χ2n) is 26.8. The molecule has 2 heterocycles. The van der Waals surface area contributed by atoms with Gasteiger partial charge in [-0.05, 0) is 160 Å². The van der Waals surface area contributed by atoms with E-state index < -0.39 is 23.5 Å². The molecule has 1 aliphatic carbocycles. The maximum atomic E-state index is 12.9. The van der Waals surface area contributed by atoms with E-state index in [-0.39, 0.29) is 38.3 Å². The standard InChI is InChI=1S/C78H112O12/c1-13-17-21-25-29-57-37-63-45-67-41-59(31-27-23-19-15-3)43-69(73(67)85-49-61-51-87-77(9,10)88-52-61)47-65-39-58(30-26-22-18-14-2)40-66(72(65)82-34-36-84-76(80)56(7)8)48-70-44-60(32-28-24-20-16-4)42-68(74(70)86-50-62-53-89-78(11,12)90-54-62)46-64(38-57)71(63)81-33-35-83-75(79)55(5)6/h37-44,61-62H,5,7,13-36,45-54H2,1-4,6,8-12H3. The number of ether oxygens (including phenoxy) is 10. The van der Waals surface area contributed by atoms with Gasteiger partial charge in [-0.25, -0.2) is 9.59 Å². The first-order chi connectivity index (χ1) is 43.4. The van der Waals surface area contributed by atoms with Crippen molar-refractivity contribution in [3.05, 3.63) is 140 Å². The van der Waals surface area contributed by atoms with Crippen molar-refractivity contribution < 1.29 is 57.0 Å². The molecule has 90 heavy (non-hydrogen) atoms. The quantitative estimate of drug-likeness (QED) is 0.0215. The van der Waals surface area contributed by atoms with Crippen LogP contribution in [0.25, 0.3) is 0 Å². The zero-order valence-electron chi connectivity index (χ0n) is 57.1. The molecule has 12 nitrogen and oxygen atoms in total. The van der Waals surface area contributed by atoms with Gasteiger partial charge < -0.3 is 47.4 Å². The Morgan fingerprint density at radius 2 is 0.633 bits per heavy atom. The topological polar surface area (TPSA) is 126 Å². The molecule has 496 valence electrons. The van der Waals surface area contributed by atoms with E-state index in [1.54, 1.807) is 13.8 Å². The normalized spacial score (nSPS) is 15.7. The van der Waals surface area contributed by atoms with Crippen molar-refractivity contribution in [3.8, 4) is 23.0 Å². The van der Waals surface area contributed by atoms with Gasteiger partial charge in [0.15, 0.2) is 11.6 Å². The van der Waals surface area contributed by atoms with Crippen molar-refractivity contribution >= 4 is 11.9 Å². The molecule has 0 aromatic heterocycles. The van der Waals surface area contributed by atoms with E-state index in [0.717, 1.165) is 170 Å². The smallest absolute Gasteiger partial charge is 0.333 e. The number of fused-ring (bicyclic) bond motifs is 8. The molecule has 2 fully saturated rings. The third-order valence-corrected chi connectivity index (χ3v) is 17.4. The van der Waals surface area contributed by atoms with Crippen LogP contribution in [0.3, 0.4) is 0 Å². The molecule has 0 amide bonds. The van der Waals surface area contributed by atoms with Crippen LogP contribution in [0.2, 0.25) is 0 Å². The Kier molecular flexibility index (Phi) is 29.1. The molecule has 0 saturated carbocycles. The molecule has 0 radical (unpaired) electrons. The van der Waals surface area contributed by atoms with Crippen LogP contribution in [0.5, 0.6) is 23.0 Å². The van der Waals surface area contributed by atoms with Crippen LogP contribution in [-0.2, 0) is 89.4 Å². The number of esters is 2. The SMILES string of the molecule is C=C(C)C(=O)OCCOc1c2cc(CCCCCC)cc1Cc1cc(CCCCCC)cc(c1OCC1COC(C)(C)OC1)Cc1cc(CCCCCC)cc(c1OCCOC(=O)C(=C)C)Cc1cc(CCCCCC)cc(c1OCC1COC(C)(C)OC1)C2. The van der Waals surface area contributed by atoms with Crippen LogP contribution < -0.4 is 18.9 Å². The van der Waals surface area contributed by atoms with E-state index in [4.69, 9.17) is 47.4 Å². The molecule has 3 aliphatic rings. The summed E-state index contributed by atoms with van der Waals surface area (Å²) in [5.74, 6) is 0.987. The summed E-state index contributed by atoms with van der Waals surface area (Å²) < 4.78 is 65.5. The van der Waals surface area contributed by atoms with Gasteiger partial charge in [-0.1, -0.05) is 166 Å². The first-order valence-corrected chi connectivity index (χ1v) is 34.7. The Hall–Kier alpha value is -5.66. The molecule has 4 aromatic carbocycles. The lowest BCUT2D eigenvalue weighted by Gasteiger charge is -2.35. The van der Waals surface area contributed by atoms with Crippen molar-refractivity contribution in [3.63, 3.8) is 0 Å². The highest BCUT2D eigenvalue weighted by Crippen LogP contribution is 2.42. The fourth-order valence-corrected chi connectivity index (χ4v) is 12.4. The average molecular weight is 1240 g/mol. The van der Waals surface area contributed by atoms with Crippen LogP contribution in [0.1, 0.15) is 239 Å². The largest absolute Gasteiger partial charge is 0.493 e. The van der Waals surface area contributed by atoms with Crippen LogP contribution in [0.15, 0.2) is 72.8 Å². The van der Waals surface area contributed by atoms with Crippen molar-refractivity contribution in [2.75, 3.05) is 66.1 Å². The molecule has 0 atom stereocenters. The highest BCUT2D eigenvalue weighted by Gasteiger charge is 2.32. The molecule has 0 N–H and O–H groups in total. The van der Waals surface area contributed by atoms with E-state index in [1.807, 2.05) is 27.7 Å². The molecule has 7 rings (SSSR count). The third-order valence-electron chi connectivity index (χ3n) is 17.4. The molecule has 2 aliphatic heterocycles. The van der Waals surface area contributed by atoms with Gasteiger partial charge in [-0.15, -0.1) is 0 Å². The van der Waals surface area contributed by atoms with E-state index in [0.29, 0.717) is 76.5 Å². The summed E-state index contributed by atoms with van der Waals surface area (Å²) in [5, 5.41) is 0. The second-order valence-corrected chi connectivity index (χ2v) is 26.8. The fourth-order valence-electron chi connectivity index (χ4n) is 12.4. The minimum absolute atomic E-state index is 0.00463. The van der Waals surface area contributed by atoms with E-state index >= 15 is 0 Å². The lowest BCUT2D eigenvalue weighted by molar-refractivity contribution is -0.264. The van der Waals surface area contributed by atoms with Crippen molar-refractivity contribution in [2.24, 2.45) is 11.8 Å². The first-order valence-electron chi connectivity index (χ1n) is 34.7. The maximum absolute atomic E-state index is 12.9. The lowest BCUT2D eigenvalue weighted by Crippen LogP contribution is -2.41. The van der Waals surface area contributed by atoms with E-state index in [1.165, 1.54) is 47.9 Å². The Morgan fingerprint density at radius 1 is 0.389 bits per heavy atom. The van der Waals surface area contributed by atoms with Crippen LogP contribution in [-0.4, -0.2) is 89.6 Å². The molecule has 0 spiro atoms. The van der Waals surface area contributed by atoms with Gasteiger partial charge in [0.1, 0.15) is 49.4 Å². The minimum Gasteiger partial charge on any atom is -0.493 e. The number of benzene rings is 4. The van der Waals surface area contributed by atoms with Gasteiger partial charge in [-0.3, -0.25) is 0 Å². The molecule has 12 heteroatoms. The number of rotatable bonds is 36. The number of carbonyl (C=O) groups excluding carboxylic acids is 2. The summed E-state index contributed by atoms with van der Waals surface area (Å²) in [5.41, 5.74) is 14.2. The van der Waals surface area contributed by atoms with E-state index in [9.17, 15) is 9.59 Å². The van der Waals surface area contributed by atoms with Gasteiger partial charge >= 0.3 is 11.9 Å². The third kappa shape index (κ3) is 22.9. The Morgan fingerprint density at radius 3 is 0.867 bits per heavy atom. The molecule has 2 saturated heterocycles. The molecule has 0 unspecified atom stereocenters. The summed E-state index contributed by atoms with van der Waals surface area (Å²) >= 11 is 0. The van der Waals surface area contributed by atoms with Crippen molar-refractivity contribution in [1.29, 1.82) is 0 Å². The molecular formula is C78H112O12. The van der Waals surface area contributed by atoms with Gasteiger partial charge in [0.25, 0.3) is 0 Å². The summed E-state index contributed by atoms with van der Waals surface area (Å²) in [4.78, 5) is 25.8. The van der Waals surface area contributed by atoms with Crippen molar-refractivity contribution in [1.82, 2.24) is 0 Å². The maximum Gasteiger partial charge on any atom is 0.333 e. The Balaban J connectivity index is 1.54. The number of carbonyl (C=O) groups is 2. The minimum atomic E-state index is -0.675. The average Bonchev–Trinajstić information content (AvgIpc) is 0.822. The number of hydrogen-bond acceptors (Lipinski definition) is 12. The summed E-state index contributed by atoms with van der Waals surface area (Å²) in [7, 11) is 0. The van der Waals surface area contributed by atoms with Crippen LogP contribution in [0.4, 0.5) is 0 Å². The van der Waals surface area contributed by atoms with E-state index in [2.05, 4.69) is 89.4 Å². The zero-order chi connectivity index (χ0) is 64.5. The van der Waals surface area contributed by atoms with Crippen LogP contribution in [0, 0.1) is 11.8 Å². The summed E-state index contributed by atoms with van der Waals surface area (Å²) in [6, 6.07) is 19.0. The number of aryl methyl sites for hydroxylation is 4. The second kappa shape index (κ2) is 36.5. The van der Waals surface area contributed by atoms with Gasteiger partial charge in [-0.2, -0.15) is 0 Å². The molecule has 8 bridgehead atoms. The Labute approximate surface area is 541 Å². The lowest BCUT2D eigenvalue weighted by atomic mass is 9.86. The van der Waals surface area contributed by atoms with Gasteiger partial charge in [0.05, 0.1) is 39.6 Å². The predicted octanol–water partition coefficient (Wildman–Crippen LogP) is 17.4. The first kappa shape index (κ1) is 71.8. The van der Waals surface area contributed by atoms with Gasteiger partial charge in [0, 0.05) is 48.7 Å². The summed E-state index contributed by atoms with van der Waals surface area (Å²) in [6.45, 7) is 31.2.